The number of esters is 1. The number of rotatable bonds is 6. The van der Waals surface area contributed by atoms with E-state index in [4.69, 9.17) is 9.47 Å². The van der Waals surface area contributed by atoms with Crippen molar-refractivity contribution < 1.29 is 14.3 Å². The van der Waals surface area contributed by atoms with Crippen LogP contribution in [-0.4, -0.2) is 50.3 Å². The van der Waals surface area contributed by atoms with E-state index in [-0.39, 0.29) is 5.97 Å². The third-order valence-electron chi connectivity index (χ3n) is 2.51. The molecule has 4 nitrogen and oxygen atoms in total. The second-order valence-electron chi connectivity index (χ2n) is 3.78. The van der Waals surface area contributed by atoms with E-state index >= 15 is 0 Å². The number of hydrogen-bond acceptors (Lipinski definition) is 4. The van der Waals surface area contributed by atoms with E-state index in [1.54, 1.807) is 0 Å². The average Bonchev–Trinajstić information content (AvgIpc) is 2.28. The molecule has 1 rings (SSSR count). The van der Waals surface area contributed by atoms with Crippen molar-refractivity contribution in [1.29, 1.82) is 0 Å². The summed E-state index contributed by atoms with van der Waals surface area (Å²) in [5.74, 6) is -0.0647. The summed E-state index contributed by atoms with van der Waals surface area (Å²) in [5, 5.41) is 0. The third kappa shape index (κ3) is 5.74. The predicted molar refractivity (Wildman–Crippen MR) is 57.7 cm³/mol. The molecule has 88 valence electrons. The lowest BCUT2D eigenvalue weighted by Crippen LogP contribution is -2.38. The van der Waals surface area contributed by atoms with Gasteiger partial charge < -0.3 is 9.47 Å². The van der Waals surface area contributed by atoms with Crippen molar-refractivity contribution >= 4 is 5.97 Å². The molecule has 0 saturated carbocycles. The molecule has 0 radical (unpaired) electrons. The molecule has 0 spiro atoms. The molecule has 0 aromatic carbocycles. The largest absolute Gasteiger partial charge is 0.464 e. The molecule has 1 fully saturated rings. The average molecular weight is 215 g/mol. The maximum Gasteiger partial charge on any atom is 0.305 e. The number of morpholine rings is 1. The van der Waals surface area contributed by atoms with Crippen molar-refractivity contribution in [1.82, 2.24) is 4.90 Å². The molecule has 1 aliphatic heterocycles. The first kappa shape index (κ1) is 12.5. The van der Waals surface area contributed by atoms with Gasteiger partial charge in [0, 0.05) is 26.1 Å². The smallest absolute Gasteiger partial charge is 0.305 e. The lowest BCUT2D eigenvalue weighted by Gasteiger charge is -2.26. The summed E-state index contributed by atoms with van der Waals surface area (Å²) in [6.07, 6.45) is 2.52. The summed E-state index contributed by atoms with van der Waals surface area (Å²) in [6.45, 7) is 6.91. The fourth-order valence-electron chi connectivity index (χ4n) is 1.51. The summed E-state index contributed by atoms with van der Waals surface area (Å²) < 4.78 is 10.4. The topological polar surface area (TPSA) is 38.8 Å². The molecule has 0 unspecified atom stereocenters. The summed E-state index contributed by atoms with van der Waals surface area (Å²) in [5.41, 5.74) is 0. The second kappa shape index (κ2) is 7.65. The van der Waals surface area contributed by atoms with Gasteiger partial charge in [-0.05, 0) is 6.42 Å². The maximum atomic E-state index is 11.2. The fourth-order valence-corrected chi connectivity index (χ4v) is 1.51. The number of carbonyl (C=O) groups is 1. The summed E-state index contributed by atoms with van der Waals surface area (Å²) in [4.78, 5) is 13.4. The third-order valence-corrected chi connectivity index (χ3v) is 2.51. The predicted octanol–water partition coefficient (Wildman–Crippen LogP) is 1.05. The summed E-state index contributed by atoms with van der Waals surface area (Å²) in [7, 11) is 0. The Hall–Kier alpha value is -0.610. The Bertz CT molecular complexity index is 179. The molecular weight excluding hydrogens is 194 g/mol. The van der Waals surface area contributed by atoms with E-state index in [2.05, 4.69) is 11.8 Å². The minimum atomic E-state index is -0.0647. The van der Waals surface area contributed by atoms with Gasteiger partial charge in [-0.15, -0.1) is 0 Å². The molecule has 15 heavy (non-hydrogen) atoms. The Labute approximate surface area is 91.5 Å². The van der Waals surface area contributed by atoms with Crippen LogP contribution in [0.2, 0.25) is 0 Å². The van der Waals surface area contributed by atoms with Crippen LogP contribution in [0.3, 0.4) is 0 Å². The van der Waals surface area contributed by atoms with Crippen LogP contribution in [0, 0.1) is 0 Å². The standard InChI is InChI=1S/C11H21NO3/c1-2-3-4-11(13)15-10-7-12-5-8-14-9-6-12/h2-10H2,1H3. The lowest BCUT2D eigenvalue weighted by molar-refractivity contribution is -0.144. The minimum Gasteiger partial charge on any atom is -0.464 e. The van der Waals surface area contributed by atoms with Gasteiger partial charge in [-0.3, -0.25) is 9.69 Å². The van der Waals surface area contributed by atoms with Gasteiger partial charge in [0.25, 0.3) is 0 Å². The highest BCUT2D eigenvalue weighted by Gasteiger charge is 2.10. The van der Waals surface area contributed by atoms with Gasteiger partial charge in [0.15, 0.2) is 0 Å². The van der Waals surface area contributed by atoms with Crippen LogP contribution >= 0.6 is 0 Å². The van der Waals surface area contributed by atoms with E-state index in [0.29, 0.717) is 13.0 Å². The van der Waals surface area contributed by atoms with Crippen LogP contribution in [0.25, 0.3) is 0 Å². The molecule has 1 heterocycles. The van der Waals surface area contributed by atoms with Crippen molar-refractivity contribution in [2.24, 2.45) is 0 Å². The van der Waals surface area contributed by atoms with E-state index in [1.165, 1.54) is 0 Å². The van der Waals surface area contributed by atoms with E-state index in [9.17, 15) is 4.79 Å². The highest BCUT2D eigenvalue weighted by Crippen LogP contribution is 1.98. The Balaban J connectivity index is 1.97. The van der Waals surface area contributed by atoms with Gasteiger partial charge in [0.05, 0.1) is 13.2 Å². The van der Waals surface area contributed by atoms with Crippen molar-refractivity contribution in [3.8, 4) is 0 Å². The van der Waals surface area contributed by atoms with Crippen molar-refractivity contribution in [3.05, 3.63) is 0 Å². The number of ether oxygens (including phenoxy) is 2. The highest BCUT2D eigenvalue weighted by molar-refractivity contribution is 5.69. The van der Waals surface area contributed by atoms with Gasteiger partial charge in [-0.1, -0.05) is 13.3 Å². The van der Waals surface area contributed by atoms with E-state index < -0.39 is 0 Å². The summed E-state index contributed by atoms with van der Waals surface area (Å²) in [6, 6.07) is 0. The van der Waals surface area contributed by atoms with E-state index in [1.807, 2.05) is 0 Å². The van der Waals surface area contributed by atoms with Crippen molar-refractivity contribution in [2.45, 2.75) is 26.2 Å². The fraction of sp³-hybridized carbons (Fsp3) is 0.909. The second-order valence-corrected chi connectivity index (χ2v) is 3.78. The van der Waals surface area contributed by atoms with Gasteiger partial charge >= 0.3 is 5.97 Å². The quantitative estimate of drug-likeness (QED) is 0.621. The first-order chi connectivity index (χ1) is 7.33. The monoisotopic (exact) mass is 215 g/mol. The van der Waals surface area contributed by atoms with Crippen LogP contribution < -0.4 is 0 Å². The molecule has 0 atom stereocenters. The lowest BCUT2D eigenvalue weighted by atomic mass is 10.2. The SMILES string of the molecule is CCCCC(=O)OCCN1CCOCC1. The number of carbonyl (C=O) groups excluding carboxylic acids is 1. The Morgan fingerprint density at radius 3 is 2.80 bits per heavy atom. The zero-order valence-corrected chi connectivity index (χ0v) is 9.54. The van der Waals surface area contributed by atoms with Crippen LogP contribution in [0.4, 0.5) is 0 Å². The Morgan fingerprint density at radius 1 is 1.40 bits per heavy atom. The molecule has 0 aromatic heterocycles. The van der Waals surface area contributed by atoms with Crippen LogP contribution in [0.1, 0.15) is 26.2 Å². The molecular formula is C11H21NO3. The molecule has 1 saturated heterocycles. The molecule has 0 aromatic rings. The Morgan fingerprint density at radius 2 is 2.13 bits per heavy atom. The van der Waals surface area contributed by atoms with Crippen molar-refractivity contribution in [3.63, 3.8) is 0 Å². The van der Waals surface area contributed by atoms with E-state index in [0.717, 1.165) is 45.7 Å². The summed E-state index contributed by atoms with van der Waals surface area (Å²) >= 11 is 0. The van der Waals surface area contributed by atoms with Crippen LogP contribution in [0.5, 0.6) is 0 Å². The van der Waals surface area contributed by atoms with Gasteiger partial charge in [0.2, 0.25) is 0 Å². The molecule has 0 amide bonds. The van der Waals surface area contributed by atoms with Gasteiger partial charge in [-0.25, -0.2) is 0 Å². The number of unbranched alkanes of at least 4 members (excludes halogenated alkanes) is 1. The first-order valence-electron chi connectivity index (χ1n) is 5.78. The van der Waals surface area contributed by atoms with Crippen molar-refractivity contribution in [2.75, 3.05) is 39.5 Å². The highest BCUT2D eigenvalue weighted by atomic mass is 16.5. The molecule has 0 bridgehead atoms. The number of hydrogen-bond donors (Lipinski definition) is 0. The molecule has 0 N–H and O–H groups in total. The zero-order valence-electron chi connectivity index (χ0n) is 9.54. The van der Waals surface area contributed by atoms with Crippen LogP contribution in [0.15, 0.2) is 0 Å². The molecule has 1 aliphatic rings. The number of nitrogens with zero attached hydrogens (tertiary/aromatic N) is 1. The molecule has 4 heteroatoms. The minimum absolute atomic E-state index is 0.0647. The first-order valence-corrected chi connectivity index (χ1v) is 5.78. The normalized spacial score (nSPS) is 17.7. The Kier molecular flexibility index (Phi) is 6.36. The maximum absolute atomic E-state index is 11.2. The molecule has 0 aliphatic carbocycles. The zero-order chi connectivity index (χ0) is 10.9. The van der Waals surface area contributed by atoms with Gasteiger partial charge in [0.1, 0.15) is 6.61 Å². The van der Waals surface area contributed by atoms with Crippen LogP contribution in [-0.2, 0) is 14.3 Å². The van der Waals surface area contributed by atoms with Gasteiger partial charge in [-0.2, -0.15) is 0 Å².